The molecule has 29 heavy (non-hydrogen) atoms. The smallest absolute Gasteiger partial charge is 0.333 e. The maximum atomic E-state index is 13.1. The summed E-state index contributed by atoms with van der Waals surface area (Å²) in [5.74, 6) is -0.400. The summed E-state index contributed by atoms with van der Waals surface area (Å²) in [7, 11) is 1.67. The Balaban J connectivity index is 1.83. The molecule has 0 unspecified atom stereocenters. The molecule has 146 valence electrons. The van der Waals surface area contributed by atoms with Crippen LogP contribution >= 0.6 is 0 Å². The summed E-state index contributed by atoms with van der Waals surface area (Å²) in [6.45, 7) is 3.89. The Morgan fingerprint density at radius 2 is 1.52 bits per heavy atom. The fraction of sp³-hybridized carbons (Fsp3) is 0.136. The first kappa shape index (κ1) is 18.5. The van der Waals surface area contributed by atoms with Crippen LogP contribution in [0.5, 0.6) is 0 Å². The van der Waals surface area contributed by atoms with E-state index in [1.54, 1.807) is 42.1 Å². The molecule has 0 saturated carbocycles. The quantitative estimate of drug-likeness (QED) is 0.566. The van der Waals surface area contributed by atoms with Crippen LogP contribution in [0.1, 0.15) is 21.5 Å². The van der Waals surface area contributed by atoms with Crippen LogP contribution in [0.25, 0.3) is 16.7 Å². The van der Waals surface area contributed by atoms with E-state index in [0.29, 0.717) is 11.4 Å². The lowest BCUT2D eigenvalue weighted by molar-refractivity contribution is 0.102. The molecular weight excluding hydrogens is 368 g/mol. The van der Waals surface area contributed by atoms with Crippen LogP contribution in [-0.4, -0.2) is 20.0 Å². The number of nitrogens with one attached hydrogen (secondary N) is 2. The lowest BCUT2D eigenvalue weighted by Crippen LogP contribution is -2.34. The number of aromatic nitrogens is 3. The van der Waals surface area contributed by atoms with Crippen LogP contribution in [0, 0.1) is 13.8 Å². The number of fused-ring (bicyclic) bond motifs is 1. The number of aromatic amines is 1. The fourth-order valence-electron chi connectivity index (χ4n) is 3.31. The van der Waals surface area contributed by atoms with Crippen molar-refractivity contribution in [2.24, 2.45) is 7.05 Å². The first-order chi connectivity index (χ1) is 13.8. The average Bonchev–Trinajstić information content (AvgIpc) is 3.01. The number of H-pyrrole nitrogens is 1. The summed E-state index contributed by atoms with van der Waals surface area (Å²) in [6, 6.07) is 14.5. The highest BCUT2D eigenvalue weighted by atomic mass is 16.2. The molecule has 0 radical (unpaired) electrons. The highest BCUT2D eigenvalue weighted by Gasteiger charge is 2.20. The van der Waals surface area contributed by atoms with Gasteiger partial charge >= 0.3 is 5.69 Å². The monoisotopic (exact) mass is 388 g/mol. The van der Waals surface area contributed by atoms with Gasteiger partial charge in [-0.3, -0.25) is 9.59 Å². The number of carbonyl (C=O) groups excluding carboxylic acids is 1. The second-order valence-corrected chi connectivity index (χ2v) is 7.10. The molecule has 2 aromatic heterocycles. The van der Waals surface area contributed by atoms with Gasteiger partial charge in [0.2, 0.25) is 0 Å². The number of carbonyl (C=O) groups is 1. The number of aryl methyl sites for hydroxylation is 3. The molecule has 0 spiro atoms. The minimum atomic E-state index is -0.595. The van der Waals surface area contributed by atoms with Crippen LogP contribution in [0.2, 0.25) is 0 Å². The van der Waals surface area contributed by atoms with E-state index in [2.05, 4.69) is 10.3 Å². The SMILES string of the molecule is Cc1ccc(NC(=O)c2cn(C)c3c(=O)n(-c4ccc(C)cc4)c(=O)[nH]c23)cc1. The van der Waals surface area contributed by atoms with Gasteiger partial charge in [-0.15, -0.1) is 0 Å². The zero-order chi connectivity index (χ0) is 20.7. The van der Waals surface area contributed by atoms with E-state index in [4.69, 9.17) is 0 Å². The second kappa shape index (κ2) is 6.94. The number of anilines is 1. The predicted molar refractivity (Wildman–Crippen MR) is 113 cm³/mol. The van der Waals surface area contributed by atoms with E-state index in [9.17, 15) is 14.4 Å². The number of benzene rings is 2. The molecular formula is C22H20N4O3. The Morgan fingerprint density at radius 3 is 2.14 bits per heavy atom. The molecule has 0 bridgehead atoms. The lowest BCUT2D eigenvalue weighted by Gasteiger charge is -2.07. The van der Waals surface area contributed by atoms with Gasteiger partial charge in [-0.2, -0.15) is 0 Å². The number of rotatable bonds is 3. The molecule has 2 aromatic carbocycles. The van der Waals surface area contributed by atoms with Crippen molar-refractivity contribution in [2.75, 3.05) is 5.32 Å². The van der Waals surface area contributed by atoms with Gasteiger partial charge in [-0.05, 0) is 38.1 Å². The van der Waals surface area contributed by atoms with Crippen molar-refractivity contribution in [3.8, 4) is 5.69 Å². The molecule has 4 aromatic rings. The number of nitrogens with zero attached hydrogens (tertiary/aromatic N) is 2. The number of hydrogen-bond donors (Lipinski definition) is 2. The molecule has 0 aliphatic heterocycles. The maximum absolute atomic E-state index is 13.1. The predicted octanol–water partition coefficient (Wildman–Crippen LogP) is 2.89. The Morgan fingerprint density at radius 1 is 0.931 bits per heavy atom. The van der Waals surface area contributed by atoms with E-state index < -0.39 is 17.2 Å². The maximum Gasteiger partial charge on any atom is 0.333 e. The first-order valence-electron chi connectivity index (χ1n) is 9.14. The van der Waals surface area contributed by atoms with Gasteiger partial charge in [-0.25, -0.2) is 9.36 Å². The van der Waals surface area contributed by atoms with Crippen LogP contribution in [0.15, 0.2) is 64.3 Å². The van der Waals surface area contributed by atoms with Gasteiger partial charge in [0.15, 0.2) is 0 Å². The van der Waals surface area contributed by atoms with E-state index in [1.165, 1.54) is 0 Å². The summed E-state index contributed by atoms with van der Waals surface area (Å²) in [6.07, 6.45) is 1.55. The van der Waals surface area contributed by atoms with Crippen molar-refractivity contribution in [1.82, 2.24) is 14.1 Å². The third-order valence-electron chi connectivity index (χ3n) is 4.87. The van der Waals surface area contributed by atoms with Crippen LogP contribution in [0.3, 0.4) is 0 Å². The van der Waals surface area contributed by atoms with Gasteiger partial charge in [0.25, 0.3) is 11.5 Å². The molecule has 0 aliphatic carbocycles. The molecule has 0 atom stereocenters. The topological polar surface area (TPSA) is 88.9 Å². The van der Waals surface area contributed by atoms with Gasteiger partial charge in [0.05, 0.1) is 16.8 Å². The van der Waals surface area contributed by atoms with Gasteiger partial charge in [0.1, 0.15) is 5.52 Å². The van der Waals surface area contributed by atoms with Crippen molar-refractivity contribution in [3.63, 3.8) is 0 Å². The Bertz CT molecular complexity index is 1340. The molecule has 2 N–H and O–H groups in total. The van der Waals surface area contributed by atoms with E-state index in [0.717, 1.165) is 15.7 Å². The Labute approximate surface area is 166 Å². The third kappa shape index (κ3) is 3.27. The number of hydrogen-bond acceptors (Lipinski definition) is 3. The van der Waals surface area contributed by atoms with Crippen LogP contribution in [-0.2, 0) is 7.05 Å². The molecule has 0 saturated heterocycles. The Kier molecular flexibility index (Phi) is 4.43. The van der Waals surface area contributed by atoms with Crippen molar-refractivity contribution in [2.45, 2.75) is 13.8 Å². The summed E-state index contributed by atoms with van der Waals surface area (Å²) in [5, 5.41) is 2.80. The van der Waals surface area contributed by atoms with E-state index in [1.807, 2.05) is 38.1 Å². The zero-order valence-corrected chi connectivity index (χ0v) is 16.3. The highest BCUT2D eigenvalue weighted by Crippen LogP contribution is 2.18. The normalized spacial score (nSPS) is 11.0. The average molecular weight is 388 g/mol. The van der Waals surface area contributed by atoms with Gasteiger partial charge in [-0.1, -0.05) is 35.4 Å². The summed E-state index contributed by atoms with van der Waals surface area (Å²) < 4.78 is 2.63. The second-order valence-electron chi connectivity index (χ2n) is 7.10. The largest absolute Gasteiger partial charge is 0.344 e. The summed E-state index contributed by atoms with van der Waals surface area (Å²) in [5.41, 5.74) is 2.82. The minimum Gasteiger partial charge on any atom is -0.344 e. The minimum absolute atomic E-state index is 0.218. The summed E-state index contributed by atoms with van der Waals surface area (Å²) >= 11 is 0. The molecule has 1 amide bonds. The molecule has 7 nitrogen and oxygen atoms in total. The van der Waals surface area contributed by atoms with E-state index in [-0.39, 0.29) is 16.6 Å². The zero-order valence-electron chi connectivity index (χ0n) is 16.3. The first-order valence-corrected chi connectivity index (χ1v) is 9.14. The third-order valence-corrected chi connectivity index (χ3v) is 4.87. The number of amides is 1. The molecule has 0 fully saturated rings. The van der Waals surface area contributed by atoms with Crippen molar-refractivity contribution in [3.05, 3.63) is 92.3 Å². The van der Waals surface area contributed by atoms with E-state index >= 15 is 0 Å². The Hall–Kier alpha value is -3.87. The molecule has 7 heteroatoms. The van der Waals surface area contributed by atoms with Gasteiger partial charge in [0, 0.05) is 18.9 Å². The van der Waals surface area contributed by atoms with Crippen molar-refractivity contribution in [1.29, 1.82) is 0 Å². The van der Waals surface area contributed by atoms with Crippen LogP contribution in [0.4, 0.5) is 5.69 Å². The summed E-state index contributed by atoms with van der Waals surface area (Å²) in [4.78, 5) is 41.3. The van der Waals surface area contributed by atoms with Crippen LogP contribution < -0.4 is 16.6 Å². The van der Waals surface area contributed by atoms with Gasteiger partial charge < -0.3 is 14.9 Å². The highest BCUT2D eigenvalue weighted by molar-refractivity contribution is 6.11. The lowest BCUT2D eigenvalue weighted by atomic mass is 10.2. The van der Waals surface area contributed by atoms with Crippen molar-refractivity contribution < 1.29 is 4.79 Å². The molecule has 0 aliphatic rings. The molecule has 2 heterocycles. The van der Waals surface area contributed by atoms with Crippen molar-refractivity contribution >= 4 is 22.6 Å². The molecule has 4 rings (SSSR count). The standard InChI is InChI=1S/C22H20N4O3/c1-13-4-8-15(9-5-13)23-20(27)17-12-25(3)19-18(17)24-22(29)26(21(19)28)16-10-6-14(2)7-11-16/h4-12H,1-3H3,(H,23,27)(H,24,29). The fourth-order valence-corrected chi connectivity index (χ4v) is 3.31.